The number of thiazole rings is 1. The fraction of sp³-hybridized carbons (Fsp3) is 0.158. The minimum Gasteiger partial charge on any atom is -0.298 e. The molecule has 0 bridgehead atoms. The van der Waals surface area contributed by atoms with E-state index in [0.29, 0.717) is 22.1 Å². The van der Waals surface area contributed by atoms with E-state index in [9.17, 15) is 13.2 Å². The first-order valence-corrected chi connectivity index (χ1v) is 11.0. The molecule has 1 heterocycles. The van der Waals surface area contributed by atoms with Crippen molar-refractivity contribution in [1.29, 1.82) is 0 Å². The number of carbonyl (C=O) groups is 1. The van der Waals surface area contributed by atoms with Crippen LogP contribution >= 0.6 is 22.9 Å². The Morgan fingerprint density at radius 1 is 1.21 bits per heavy atom. The van der Waals surface area contributed by atoms with Crippen molar-refractivity contribution in [3.8, 4) is 0 Å². The van der Waals surface area contributed by atoms with E-state index in [1.165, 1.54) is 30.5 Å². The molecular formula is C19H18ClN3O3S2. The van der Waals surface area contributed by atoms with Crippen LogP contribution in [0.15, 0.2) is 53.6 Å². The molecule has 1 aromatic heterocycles. The van der Waals surface area contributed by atoms with E-state index in [2.05, 4.69) is 15.0 Å². The maximum absolute atomic E-state index is 12.6. The number of hydrogen-bond acceptors (Lipinski definition) is 5. The number of halogens is 1. The Morgan fingerprint density at radius 3 is 2.68 bits per heavy atom. The van der Waals surface area contributed by atoms with Crippen molar-refractivity contribution in [1.82, 2.24) is 9.71 Å². The molecule has 2 aromatic carbocycles. The SMILES string of the molecule is CNS(=O)(=O)c1ccc(C)c(C(=O)Nc2ncc(Cc3ccccc3Cl)s2)c1. The van der Waals surface area contributed by atoms with Crippen LogP contribution in [0.2, 0.25) is 5.02 Å². The van der Waals surface area contributed by atoms with Crippen LogP contribution in [0.25, 0.3) is 0 Å². The Hall–Kier alpha value is -2.26. The molecular weight excluding hydrogens is 418 g/mol. The number of amides is 1. The van der Waals surface area contributed by atoms with E-state index < -0.39 is 15.9 Å². The van der Waals surface area contributed by atoms with Crippen molar-refractivity contribution in [3.63, 3.8) is 0 Å². The molecule has 6 nitrogen and oxygen atoms in total. The van der Waals surface area contributed by atoms with E-state index in [1.807, 2.05) is 24.3 Å². The topological polar surface area (TPSA) is 88.2 Å². The standard InChI is InChI=1S/C19H18ClN3O3S2/c1-12-7-8-15(28(25,26)21-2)10-16(12)18(24)23-19-22-11-14(27-19)9-13-5-3-4-6-17(13)20/h3-8,10-11,21H,9H2,1-2H3,(H,22,23,24). The van der Waals surface area contributed by atoms with E-state index >= 15 is 0 Å². The van der Waals surface area contributed by atoms with Gasteiger partial charge in [0, 0.05) is 28.1 Å². The van der Waals surface area contributed by atoms with Crippen LogP contribution < -0.4 is 10.0 Å². The van der Waals surface area contributed by atoms with Gasteiger partial charge in [-0.3, -0.25) is 10.1 Å². The normalized spacial score (nSPS) is 11.4. The van der Waals surface area contributed by atoms with Gasteiger partial charge in [-0.05, 0) is 43.3 Å². The number of hydrogen-bond donors (Lipinski definition) is 2. The van der Waals surface area contributed by atoms with Gasteiger partial charge in [-0.25, -0.2) is 18.1 Å². The summed E-state index contributed by atoms with van der Waals surface area (Å²) in [4.78, 5) is 17.9. The molecule has 0 saturated carbocycles. The Kier molecular flexibility index (Phi) is 6.14. The van der Waals surface area contributed by atoms with E-state index in [-0.39, 0.29) is 10.5 Å². The van der Waals surface area contributed by atoms with Crippen molar-refractivity contribution in [3.05, 3.63) is 75.3 Å². The van der Waals surface area contributed by atoms with E-state index in [4.69, 9.17) is 11.6 Å². The zero-order valence-corrected chi connectivity index (χ0v) is 17.6. The quantitative estimate of drug-likeness (QED) is 0.615. The number of carbonyl (C=O) groups excluding carboxylic acids is 1. The number of nitrogens with one attached hydrogen (secondary N) is 2. The Morgan fingerprint density at radius 2 is 1.96 bits per heavy atom. The van der Waals surface area contributed by atoms with Crippen molar-refractivity contribution in [2.75, 3.05) is 12.4 Å². The average molecular weight is 436 g/mol. The van der Waals surface area contributed by atoms with E-state index in [0.717, 1.165) is 10.4 Å². The molecule has 0 fully saturated rings. The predicted octanol–water partition coefficient (Wildman–Crippen LogP) is 3.86. The summed E-state index contributed by atoms with van der Waals surface area (Å²) in [6.45, 7) is 1.75. The number of aromatic nitrogens is 1. The minimum atomic E-state index is -3.63. The van der Waals surface area contributed by atoms with Gasteiger partial charge in [0.25, 0.3) is 5.91 Å². The van der Waals surface area contributed by atoms with Crippen molar-refractivity contribution >= 4 is 44.0 Å². The third-order valence-electron chi connectivity index (χ3n) is 4.13. The zero-order valence-electron chi connectivity index (χ0n) is 15.2. The molecule has 3 aromatic rings. The summed E-state index contributed by atoms with van der Waals surface area (Å²) in [5.41, 5.74) is 1.92. The molecule has 2 N–H and O–H groups in total. The lowest BCUT2D eigenvalue weighted by Crippen LogP contribution is -2.20. The number of aryl methyl sites for hydroxylation is 1. The average Bonchev–Trinajstić information content (AvgIpc) is 3.10. The number of anilines is 1. The van der Waals surface area contributed by atoms with Crippen LogP contribution in [-0.4, -0.2) is 26.4 Å². The van der Waals surface area contributed by atoms with Crippen LogP contribution in [0, 0.1) is 6.92 Å². The van der Waals surface area contributed by atoms with Gasteiger partial charge in [-0.15, -0.1) is 11.3 Å². The predicted molar refractivity (Wildman–Crippen MR) is 112 cm³/mol. The molecule has 0 aliphatic rings. The molecule has 146 valence electrons. The maximum Gasteiger partial charge on any atom is 0.257 e. The number of rotatable bonds is 6. The highest BCUT2D eigenvalue weighted by atomic mass is 35.5. The largest absolute Gasteiger partial charge is 0.298 e. The monoisotopic (exact) mass is 435 g/mol. The lowest BCUT2D eigenvalue weighted by atomic mass is 10.1. The van der Waals surface area contributed by atoms with Gasteiger partial charge < -0.3 is 0 Å². The first kappa shape index (κ1) is 20.5. The third-order valence-corrected chi connectivity index (χ3v) is 6.82. The van der Waals surface area contributed by atoms with Crippen LogP contribution in [0.5, 0.6) is 0 Å². The summed E-state index contributed by atoms with van der Waals surface area (Å²) in [6, 6.07) is 12.0. The molecule has 9 heteroatoms. The van der Waals surface area contributed by atoms with Gasteiger partial charge in [0.05, 0.1) is 4.90 Å². The molecule has 0 aliphatic carbocycles. The molecule has 0 spiro atoms. The van der Waals surface area contributed by atoms with Crippen LogP contribution in [-0.2, 0) is 16.4 Å². The summed E-state index contributed by atoms with van der Waals surface area (Å²) >= 11 is 7.53. The maximum atomic E-state index is 12.6. The molecule has 0 atom stereocenters. The van der Waals surface area contributed by atoms with Crippen LogP contribution in [0.4, 0.5) is 5.13 Å². The van der Waals surface area contributed by atoms with Gasteiger partial charge in [0.1, 0.15) is 0 Å². The fourth-order valence-electron chi connectivity index (χ4n) is 2.57. The van der Waals surface area contributed by atoms with E-state index in [1.54, 1.807) is 19.2 Å². The highest BCUT2D eigenvalue weighted by molar-refractivity contribution is 7.89. The molecule has 0 unspecified atom stereocenters. The van der Waals surface area contributed by atoms with Gasteiger partial charge in [-0.1, -0.05) is 35.9 Å². The second-order valence-corrected chi connectivity index (χ2v) is 9.45. The third kappa shape index (κ3) is 4.59. The number of benzene rings is 2. The van der Waals surface area contributed by atoms with Crippen molar-refractivity contribution < 1.29 is 13.2 Å². The summed E-state index contributed by atoms with van der Waals surface area (Å²) < 4.78 is 26.2. The molecule has 1 amide bonds. The smallest absolute Gasteiger partial charge is 0.257 e. The minimum absolute atomic E-state index is 0.0318. The lowest BCUT2D eigenvalue weighted by Gasteiger charge is -2.08. The van der Waals surface area contributed by atoms with Gasteiger partial charge >= 0.3 is 0 Å². The molecule has 28 heavy (non-hydrogen) atoms. The number of sulfonamides is 1. The van der Waals surface area contributed by atoms with Crippen LogP contribution in [0.3, 0.4) is 0 Å². The lowest BCUT2D eigenvalue weighted by molar-refractivity contribution is 0.102. The Bertz CT molecular complexity index is 1130. The Balaban J connectivity index is 1.78. The van der Waals surface area contributed by atoms with Crippen LogP contribution in [0.1, 0.15) is 26.4 Å². The second-order valence-electron chi connectivity index (χ2n) is 6.04. The molecule has 0 aliphatic heterocycles. The fourth-order valence-corrected chi connectivity index (χ4v) is 4.36. The summed E-state index contributed by atoms with van der Waals surface area (Å²) in [5.74, 6) is -0.413. The van der Waals surface area contributed by atoms with Gasteiger partial charge in [0.15, 0.2) is 5.13 Å². The van der Waals surface area contributed by atoms with Crippen molar-refractivity contribution in [2.45, 2.75) is 18.2 Å². The molecule has 0 saturated heterocycles. The first-order valence-electron chi connectivity index (χ1n) is 8.34. The van der Waals surface area contributed by atoms with Gasteiger partial charge in [-0.2, -0.15) is 0 Å². The zero-order chi connectivity index (χ0) is 20.3. The number of nitrogens with zero attached hydrogens (tertiary/aromatic N) is 1. The van der Waals surface area contributed by atoms with Crippen molar-refractivity contribution in [2.24, 2.45) is 0 Å². The second kappa shape index (κ2) is 8.40. The highest BCUT2D eigenvalue weighted by Crippen LogP contribution is 2.25. The molecule has 3 rings (SSSR count). The van der Waals surface area contributed by atoms with Gasteiger partial charge in [0.2, 0.25) is 10.0 Å². The summed E-state index contributed by atoms with van der Waals surface area (Å²) in [5, 5.41) is 3.86. The molecule has 0 radical (unpaired) electrons. The summed E-state index contributed by atoms with van der Waals surface area (Å²) in [6.07, 6.45) is 2.31. The Labute approximate surface area is 172 Å². The highest BCUT2D eigenvalue weighted by Gasteiger charge is 2.17. The first-order chi connectivity index (χ1) is 13.3. The summed E-state index contributed by atoms with van der Waals surface area (Å²) in [7, 11) is -2.31.